The van der Waals surface area contributed by atoms with E-state index in [2.05, 4.69) is 42.8 Å². The predicted molar refractivity (Wildman–Crippen MR) is 62.2 cm³/mol. The Hall–Kier alpha value is -1.70. The first-order valence-electron chi connectivity index (χ1n) is 5.13. The van der Waals surface area contributed by atoms with E-state index in [1.807, 2.05) is 6.92 Å². The second-order valence-electron chi connectivity index (χ2n) is 4.04. The third-order valence-electron chi connectivity index (χ3n) is 3.20. The summed E-state index contributed by atoms with van der Waals surface area (Å²) in [6.07, 6.45) is 0. The van der Waals surface area contributed by atoms with Crippen LogP contribution >= 0.6 is 0 Å². The monoisotopic (exact) mass is 199 g/mol. The van der Waals surface area contributed by atoms with Gasteiger partial charge in [-0.15, -0.1) is 0 Å². The molecule has 0 unspecified atom stereocenters. The molecule has 2 heteroatoms. The molecule has 0 aliphatic rings. The van der Waals surface area contributed by atoms with Crippen molar-refractivity contribution in [3.8, 4) is 0 Å². The van der Waals surface area contributed by atoms with Crippen LogP contribution in [0.15, 0.2) is 28.7 Å². The van der Waals surface area contributed by atoms with Gasteiger partial charge in [-0.1, -0.05) is 12.1 Å². The predicted octanol–water partition coefficient (Wildman–Crippen LogP) is 3.54. The molecule has 0 saturated carbocycles. The van der Waals surface area contributed by atoms with E-state index in [1.165, 1.54) is 22.0 Å². The van der Waals surface area contributed by atoms with Gasteiger partial charge in [-0.2, -0.15) is 0 Å². The van der Waals surface area contributed by atoms with Gasteiger partial charge in [0, 0.05) is 18.0 Å². The third kappa shape index (κ3) is 0.938. The van der Waals surface area contributed by atoms with Crippen LogP contribution in [0.4, 0.5) is 0 Å². The molecule has 1 aromatic carbocycles. The Balaban J connectivity index is 2.67. The molecule has 0 N–H and O–H groups in total. The molecule has 76 valence electrons. The first kappa shape index (κ1) is 8.60. The van der Waals surface area contributed by atoms with Crippen LogP contribution in [-0.4, -0.2) is 4.57 Å². The van der Waals surface area contributed by atoms with Crippen LogP contribution in [0.2, 0.25) is 0 Å². The maximum atomic E-state index is 5.81. The molecule has 0 bridgehead atoms. The van der Waals surface area contributed by atoms with Crippen molar-refractivity contribution >= 4 is 22.0 Å². The smallest absolute Gasteiger partial charge is 0.160 e. The molecule has 0 radical (unpaired) electrons. The van der Waals surface area contributed by atoms with Crippen LogP contribution in [0.3, 0.4) is 0 Å². The number of benzene rings is 1. The molecule has 2 nitrogen and oxygen atoms in total. The number of fused-ring (bicyclic) bond motifs is 3. The maximum absolute atomic E-state index is 5.81. The van der Waals surface area contributed by atoms with E-state index < -0.39 is 0 Å². The Morgan fingerprint density at radius 3 is 2.67 bits per heavy atom. The van der Waals surface area contributed by atoms with Crippen LogP contribution in [0.25, 0.3) is 22.0 Å². The second-order valence-corrected chi connectivity index (χ2v) is 4.04. The molecular weight excluding hydrogens is 186 g/mol. The molecule has 15 heavy (non-hydrogen) atoms. The van der Waals surface area contributed by atoms with Crippen molar-refractivity contribution in [1.29, 1.82) is 0 Å². The highest BCUT2D eigenvalue weighted by molar-refractivity contribution is 6.06. The molecule has 2 aromatic heterocycles. The van der Waals surface area contributed by atoms with Crippen molar-refractivity contribution in [2.75, 3.05) is 0 Å². The molecule has 0 amide bonds. The number of para-hydroxylation sites is 1. The summed E-state index contributed by atoms with van der Waals surface area (Å²) in [6.45, 7) is 4.13. The maximum Gasteiger partial charge on any atom is 0.160 e. The Bertz CT molecular complexity index is 658. The van der Waals surface area contributed by atoms with E-state index in [0.717, 1.165) is 11.3 Å². The van der Waals surface area contributed by atoms with Crippen LogP contribution < -0.4 is 0 Å². The van der Waals surface area contributed by atoms with E-state index in [9.17, 15) is 0 Å². The first-order valence-corrected chi connectivity index (χ1v) is 5.13. The number of aromatic nitrogens is 1. The van der Waals surface area contributed by atoms with Crippen LogP contribution in [-0.2, 0) is 7.05 Å². The highest BCUT2D eigenvalue weighted by Gasteiger charge is 2.15. The number of furan rings is 1. The SMILES string of the molecule is Cc1oc2c3ccccc3n(C)c2c1C. The molecule has 2 heterocycles. The fraction of sp³-hybridized carbons (Fsp3) is 0.231. The van der Waals surface area contributed by atoms with Gasteiger partial charge in [0.2, 0.25) is 0 Å². The van der Waals surface area contributed by atoms with Crippen molar-refractivity contribution in [2.45, 2.75) is 13.8 Å². The van der Waals surface area contributed by atoms with Crippen LogP contribution in [0.5, 0.6) is 0 Å². The van der Waals surface area contributed by atoms with Crippen molar-refractivity contribution < 1.29 is 4.42 Å². The van der Waals surface area contributed by atoms with Gasteiger partial charge in [0.05, 0.1) is 11.0 Å². The number of hydrogen-bond acceptors (Lipinski definition) is 1. The minimum Gasteiger partial charge on any atom is -0.459 e. The van der Waals surface area contributed by atoms with Crippen LogP contribution in [0, 0.1) is 13.8 Å². The lowest BCUT2D eigenvalue weighted by Crippen LogP contribution is -1.87. The standard InChI is InChI=1S/C13H13NO/c1-8-9(2)15-13-10-6-4-5-7-11(10)14(3)12(8)13/h4-7H,1-3H3. The molecule has 3 rings (SSSR count). The number of hydrogen-bond donors (Lipinski definition) is 0. The lowest BCUT2D eigenvalue weighted by Gasteiger charge is -1.97. The molecule has 0 fully saturated rings. The van der Waals surface area contributed by atoms with Gasteiger partial charge in [0.25, 0.3) is 0 Å². The van der Waals surface area contributed by atoms with E-state index in [4.69, 9.17) is 4.42 Å². The fourth-order valence-corrected chi connectivity index (χ4v) is 2.28. The van der Waals surface area contributed by atoms with Gasteiger partial charge in [-0.25, -0.2) is 0 Å². The largest absolute Gasteiger partial charge is 0.459 e. The zero-order valence-electron chi connectivity index (χ0n) is 9.16. The van der Waals surface area contributed by atoms with E-state index >= 15 is 0 Å². The summed E-state index contributed by atoms with van der Waals surface area (Å²) < 4.78 is 8.02. The fourth-order valence-electron chi connectivity index (χ4n) is 2.28. The van der Waals surface area contributed by atoms with E-state index in [1.54, 1.807) is 0 Å². The number of rotatable bonds is 0. The van der Waals surface area contributed by atoms with Gasteiger partial charge < -0.3 is 8.98 Å². The highest BCUT2D eigenvalue weighted by Crippen LogP contribution is 2.33. The molecule has 0 aliphatic carbocycles. The van der Waals surface area contributed by atoms with E-state index in [0.29, 0.717) is 0 Å². The first-order chi connectivity index (χ1) is 7.20. The summed E-state index contributed by atoms with van der Waals surface area (Å²) in [6, 6.07) is 8.35. The normalized spacial score (nSPS) is 11.7. The molecule has 3 aromatic rings. The van der Waals surface area contributed by atoms with Crippen molar-refractivity contribution in [1.82, 2.24) is 4.57 Å². The Labute approximate surface area is 88.1 Å². The summed E-state index contributed by atoms with van der Waals surface area (Å²) in [5.41, 5.74) is 4.70. The van der Waals surface area contributed by atoms with Gasteiger partial charge in [0.15, 0.2) is 5.58 Å². The molecular formula is C13H13NO. The summed E-state index contributed by atoms with van der Waals surface area (Å²) >= 11 is 0. The van der Waals surface area contributed by atoms with Gasteiger partial charge in [-0.05, 0) is 26.0 Å². The Morgan fingerprint density at radius 1 is 1.13 bits per heavy atom. The van der Waals surface area contributed by atoms with Gasteiger partial charge in [0.1, 0.15) is 5.76 Å². The van der Waals surface area contributed by atoms with Crippen molar-refractivity contribution in [2.24, 2.45) is 7.05 Å². The minimum atomic E-state index is 1.02. The highest BCUT2D eigenvalue weighted by atomic mass is 16.3. The Morgan fingerprint density at radius 2 is 1.87 bits per heavy atom. The Kier molecular flexibility index (Phi) is 1.52. The molecule has 0 atom stereocenters. The van der Waals surface area contributed by atoms with Crippen molar-refractivity contribution in [3.05, 3.63) is 35.6 Å². The zero-order chi connectivity index (χ0) is 10.6. The molecule has 0 saturated heterocycles. The number of aryl methyl sites for hydroxylation is 3. The third-order valence-corrected chi connectivity index (χ3v) is 3.20. The second kappa shape index (κ2) is 2.66. The van der Waals surface area contributed by atoms with E-state index in [-0.39, 0.29) is 0 Å². The summed E-state index contributed by atoms with van der Waals surface area (Å²) in [4.78, 5) is 0. The molecule has 0 aliphatic heterocycles. The van der Waals surface area contributed by atoms with Crippen molar-refractivity contribution in [3.63, 3.8) is 0 Å². The summed E-state index contributed by atoms with van der Waals surface area (Å²) in [7, 11) is 2.09. The summed E-state index contributed by atoms with van der Waals surface area (Å²) in [5.74, 6) is 1.02. The molecule has 0 spiro atoms. The quantitative estimate of drug-likeness (QED) is 0.541. The average Bonchev–Trinajstić information content (AvgIpc) is 2.68. The summed E-state index contributed by atoms with van der Waals surface area (Å²) in [5, 5.41) is 1.20. The van der Waals surface area contributed by atoms with Gasteiger partial charge in [-0.3, -0.25) is 0 Å². The minimum absolute atomic E-state index is 1.02. The topological polar surface area (TPSA) is 18.1 Å². The average molecular weight is 199 g/mol. The lowest BCUT2D eigenvalue weighted by atomic mass is 10.2. The zero-order valence-corrected chi connectivity index (χ0v) is 9.16. The number of nitrogens with zero attached hydrogens (tertiary/aromatic N) is 1. The van der Waals surface area contributed by atoms with Gasteiger partial charge >= 0.3 is 0 Å². The van der Waals surface area contributed by atoms with Crippen LogP contribution in [0.1, 0.15) is 11.3 Å². The lowest BCUT2D eigenvalue weighted by molar-refractivity contribution is 0.578.